The van der Waals surface area contributed by atoms with Crippen LogP contribution in [0.5, 0.6) is 0 Å². The number of nitrogens with zero attached hydrogens (tertiary/aromatic N) is 1. The van der Waals surface area contributed by atoms with Gasteiger partial charge in [0.1, 0.15) is 5.60 Å². The second-order valence-electron chi connectivity index (χ2n) is 9.42. The Morgan fingerprint density at radius 3 is 2.14 bits per heavy atom. The minimum atomic E-state index is -0.557. The number of carbonyl (C=O) groups excluding carboxylic acids is 3. The number of rotatable bonds is 5. The van der Waals surface area contributed by atoms with E-state index in [0.29, 0.717) is 13.1 Å². The molecule has 0 aromatic heterocycles. The first-order valence-electron chi connectivity index (χ1n) is 10.0. The van der Waals surface area contributed by atoms with Crippen LogP contribution in [-0.4, -0.2) is 54.1 Å². The first-order chi connectivity index (χ1) is 12.8. The van der Waals surface area contributed by atoms with Gasteiger partial charge in [0.25, 0.3) is 0 Å². The zero-order chi connectivity index (χ0) is 21.5. The van der Waals surface area contributed by atoms with Gasteiger partial charge in [-0.15, -0.1) is 0 Å². The molecule has 3 amide bonds. The fourth-order valence-corrected chi connectivity index (χ4v) is 2.63. The molecule has 1 rings (SSSR count). The number of hydrogen-bond donors (Lipinski definition) is 2. The number of nitrogens with one attached hydrogen (secondary N) is 2. The highest BCUT2D eigenvalue weighted by Gasteiger charge is 2.24. The van der Waals surface area contributed by atoms with Crippen molar-refractivity contribution >= 4 is 17.9 Å². The Morgan fingerprint density at radius 1 is 1.07 bits per heavy atom. The average Bonchev–Trinajstić information content (AvgIpc) is 2.52. The van der Waals surface area contributed by atoms with Crippen molar-refractivity contribution < 1.29 is 19.1 Å². The Kier molecular flexibility index (Phi) is 8.51. The molecule has 0 aromatic rings. The first-order valence-corrected chi connectivity index (χ1v) is 10.0. The summed E-state index contributed by atoms with van der Waals surface area (Å²) >= 11 is 0. The summed E-state index contributed by atoms with van der Waals surface area (Å²) in [5.41, 5.74) is 0.485. The van der Waals surface area contributed by atoms with Gasteiger partial charge in [0, 0.05) is 38.2 Å². The molecule has 0 atom stereocenters. The highest BCUT2D eigenvalue weighted by atomic mass is 16.6. The molecule has 7 nitrogen and oxygen atoms in total. The molecular formula is C21H37N3O4. The Hall–Kier alpha value is -2.05. The van der Waals surface area contributed by atoms with Gasteiger partial charge in [-0.05, 0) is 46.0 Å². The van der Waals surface area contributed by atoms with Crippen molar-refractivity contribution in [3.63, 3.8) is 0 Å². The van der Waals surface area contributed by atoms with Gasteiger partial charge >= 0.3 is 6.09 Å². The van der Waals surface area contributed by atoms with Crippen LogP contribution in [-0.2, 0) is 14.3 Å². The maximum Gasteiger partial charge on any atom is 0.407 e. The van der Waals surface area contributed by atoms with E-state index in [4.69, 9.17) is 4.74 Å². The molecule has 28 heavy (non-hydrogen) atoms. The molecule has 1 fully saturated rings. The number of piperidine rings is 1. The third kappa shape index (κ3) is 9.24. The van der Waals surface area contributed by atoms with Gasteiger partial charge in [-0.1, -0.05) is 26.3 Å². The molecule has 160 valence electrons. The first kappa shape index (κ1) is 24.0. The molecule has 2 N–H and O–H groups in total. The molecule has 7 heteroatoms. The summed E-state index contributed by atoms with van der Waals surface area (Å²) in [7, 11) is 0. The predicted octanol–water partition coefficient (Wildman–Crippen LogP) is 3.00. The van der Waals surface area contributed by atoms with E-state index >= 15 is 0 Å². The van der Waals surface area contributed by atoms with Crippen LogP contribution in [0.15, 0.2) is 11.6 Å². The van der Waals surface area contributed by atoms with Gasteiger partial charge in [-0.2, -0.15) is 0 Å². The summed E-state index contributed by atoms with van der Waals surface area (Å²) in [5, 5.41) is 5.56. The summed E-state index contributed by atoms with van der Waals surface area (Å²) in [6, 6.07) is 0.0609. The van der Waals surface area contributed by atoms with E-state index in [1.807, 2.05) is 11.8 Å². The molecule has 1 saturated heterocycles. The molecule has 0 unspecified atom stereocenters. The third-order valence-corrected chi connectivity index (χ3v) is 4.72. The second-order valence-corrected chi connectivity index (χ2v) is 9.42. The predicted molar refractivity (Wildman–Crippen MR) is 110 cm³/mol. The molecule has 1 heterocycles. The normalized spacial score (nSPS) is 16.5. The zero-order valence-electron chi connectivity index (χ0n) is 18.5. The summed E-state index contributed by atoms with van der Waals surface area (Å²) in [6.45, 7) is 15.1. The van der Waals surface area contributed by atoms with Crippen LogP contribution in [0.2, 0.25) is 0 Å². The molecule has 1 aliphatic heterocycles. The van der Waals surface area contributed by atoms with Crippen LogP contribution in [0, 0.1) is 5.41 Å². The van der Waals surface area contributed by atoms with Gasteiger partial charge in [0.2, 0.25) is 11.8 Å². The SMILES string of the molecule is C/C(=C\C(=O)N1CCC(NC(=O)CCNC(=O)OC(C)(C)C)CC1)C(C)(C)C. The van der Waals surface area contributed by atoms with E-state index in [9.17, 15) is 14.4 Å². The Morgan fingerprint density at radius 2 is 1.64 bits per heavy atom. The molecule has 0 aliphatic carbocycles. The van der Waals surface area contributed by atoms with E-state index in [-0.39, 0.29) is 36.2 Å². The number of allylic oxidation sites excluding steroid dienone is 1. The maximum absolute atomic E-state index is 12.4. The van der Waals surface area contributed by atoms with Crippen LogP contribution < -0.4 is 10.6 Å². The largest absolute Gasteiger partial charge is 0.444 e. The minimum Gasteiger partial charge on any atom is -0.444 e. The zero-order valence-corrected chi connectivity index (χ0v) is 18.5. The number of carbonyl (C=O) groups is 3. The summed E-state index contributed by atoms with van der Waals surface area (Å²) in [6.07, 6.45) is 2.87. The number of alkyl carbamates (subject to hydrolysis) is 1. The molecule has 1 aliphatic rings. The van der Waals surface area contributed by atoms with E-state index in [2.05, 4.69) is 31.4 Å². The minimum absolute atomic E-state index is 0.0186. The highest BCUT2D eigenvalue weighted by Crippen LogP contribution is 2.24. The van der Waals surface area contributed by atoms with Crippen LogP contribution in [0.4, 0.5) is 4.79 Å². The number of likely N-dealkylation sites (tertiary alicyclic amines) is 1. The van der Waals surface area contributed by atoms with Gasteiger partial charge in [0.15, 0.2) is 0 Å². The van der Waals surface area contributed by atoms with Crippen LogP contribution in [0.3, 0.4) is 0 Å². The molecule has 0 saturated carbocycles. The lowest BCUT2D eigenvalue weighted by molar-refractivity contribution is -0.127. The lowest BCUT2D eigenvalue weighted by Gasteiger charge is -2.32. The van der Waals surface area contributed by atoms with Gasteiger partial charge in [-0.3, -0.25) is 9.59 Å². The molecule has 0 spiro atoms. The van der Waals surface area contributed by atoms with Crippen LogP contribution in [0.1, 0.15) is 67.7 Å². The second kappa shape index (κ2) is 9.94. The van der Waals surface area contributed by atoms with E-state index in [0.717, 1.165) is 18.4 Å². The molecular weight excluding hydrogens is 358 g/mol. The summed E-state index contributed by atoms with van der Waals surface area (Å²) in [4.78, 5) is 37.9. The number of ether oxygens (including phenoxy) is 1. The van der Waals surface area contributed by atoms with Crippen molar-refractivity contribution in [2.24, 2.45) is 5.41 Å². The Balaban J connectivity index is 2.32. The number of hydrogen-bond acceptors (Lipinski definition) is 4. The van der Waals surface area contributed by atoms with Gasteiger partial charge in [-0.25, -0.2) is 4.79 Å². The maximum atomic E-state index is 12.4. The summed E-state index contributed by atoms with van der Waals surface area (Å²) < 4.78 is 5.13. The standard InChI is InChI=1S/C21H37N3O4/c1-15(20(2,3)4)14-18(26)24-12-9-16(10-13-24)23-17(25)8-11-22-19(27)28-21(5,6)7/h14,16H,8-13H2,1-7H3,(H,22,27)(H,23,25)/b15-14+. The topological polar surface area (TPSA) is 87.7 Å². The third-order valence-electron chi connectivity index (χ3n) is 4.72. The quantitative estimate of drug-likeness (QED) is 0.701. The van der Waals surface area contributed by atoms with E-state index in [1.54, 1.807) is 26.8 Å². The van der Waals surface area contributed by atoms with E-state index in [1.165, 1.54) is 0 Å². The van der Waals surface area contributed by atoms with Crippen LogP contribution >= 0.6 is 0 Å². The average molecular weight is 396 g/mol. The number of amides is 3. The lowest BCUT2D eigenvalue weighted by atomic mass is 9.87. The Bertz CT molecular complexity index is 592. The smallest absolute Gasteiger partial charge is 0.407 e. The Labute approximate surface area is 169 Å². The highest BCUT2D eigenvalue weighted by molar-refractivity contribution is 5.88. The van der Waals surface area contributed by atoms with Crippen LogP contribution in [0.25, 0.3) is 0 Å². The molecule has 0 radical (unpaired) electrons. The van der Waals surface area contributed by atoms with Crippen molar-refractivity contribution in [3.05, 3.63) is 11.6 Å². The van der Waals surface area contributed by atoms with Gasteiger partial charge < -0.3 is 20.3 Å². The van der Waals surface area contributed by atoms with Crippen molar-refractivity contribution in [3.8, 4) is 0 Å². The summed E-state index contributed by atoms with van der Waals surface area (Å²) in [5.74, 6) is -0.0666. The van der Waals surface area contributed by atoms with E-state index < -0.39 is 11.7 Å². The van der Waals surface area contributed by atoms with Crippen molar-refractivity contribution in [1.29, 1.82) is 0 Å². The lowest BCUT2D eigenvalue weighted by Crippen LogP contribution is -2.46. The fraction of sp³-hybridized carbons (Fsp3) is 0.762. The van der Waals surface area contributed by atoms with Crippen molar-refractivity contribution in [1.82, 2.24) is 15.5 Å². The molecule has 0 bridgehead atoms. The van der Waals surface area contributed by atoms with Crippen molar-refractivity contribution in [2.75, 3.05) is 19.6 Å². The fourth-order valence-electron chi connectivity index (χ4n) is 2.63. The molecule has 0 aromatic carbocycles. The van der Waals surface area contributed by atoms with Gasteiger partial charge in [0.05, 0.1) is 0 Å². The monoisotopic (exact) mass is 395 g/mol. The van der Waals surface area contributed by atoms with Crippen molar-refractivity contribution in [2.45, 2.75) is 79.4 Å².